The number of likely N-dealkylation sites (tertiary alicyclic amines) is 1. The Morgan fingerprint density at radius 1 is 1.30 bits per heavy atom. The number of carbonyl (C=O) groups excluding carboxylic acids is 2. The van der Waals surface area contributed by atoms with E-state index in [-0.39, 0.29) is 24.2 Å². The Hall–Kier alpha value is -1.11. The summed E-state index contributed by atoms with van der Waals surface area (Å²) in [6.07, 6.45) is 1.41. The molecular formula is C16H23BrClN3O2. The standard InChI is InChI=1S/C16H22BrN3O2.ClH/c1-18-10-12-7-9-20(11-12)15(21)6-8-19-16(22)13-2-4-14(17)5-3-13;/h2-5,12,18H,6-11H2,1H3,(H,19,22);1H. The van der Waals surface area contributed by atoms with E-state index < -0.39 is 0 Å². The van der Waals surface area contributed by atoms with E-state index >= 15 is 0 Å². The molecule has 0 aromatic heterocycles. The summed E-state index contributed by atoms with van der Waals surface area (Å²) in [7, 11) is 1.93. The number of hydrogen-bond donors (Lipinski definition) is 2. The summed E-state index contributed by atoms with van der Waals surface area (Å²) in [5.41, 5.74) is 0.603. The van der Waals surface area contributed by atoms with Gasteiger partial charge in [0.05, 0.1) is 0 Å². The maximum atomic E-state index is 12.1. The van der Waals surface area contributed by atoms with Gasteiger partial charge in [0.1, 0.15) is 0 Å². The molecule has 2 N–H and O–H groups in total. The van der Waals surface area contributed by atoms with Crippen LogP contribution in [0.4, 0.5) is 0 Å². The number of carbonyl (C=O) groups is 2. The zero-order valence-electron chi connectivity index (χ0n) is 13.2. The lowest BCUT2D eigenvalue weighted by Crippen LogP contribution is -2.34. The minimum Gasteiger partial charge on any atom is -0.352 e. The molecule has 1 aromatic carbocycles. The minimum atomic E-state index is -0.144. The number of halogens is 2. The zero-order valence-corrected chi connectivity index (χ0v) is 15.6. The summed E-state index contributed by atoms with van der Waals surface area (Å²) < 4.78 is 0.935. The predicted octanol–water partition coefficient (Wildman–Crippen LogP) is 2.06. The molecule has 0 bridgehead atoms. The zero-order chi connectivity index (χ0) is 15.9. The molecule has 1 fully saturated rings. The SMILES string of the molecule is CNCC1CCN(C(=O)CCNC(=O)c2ccc(Br)cc2)C1.Cl. The van der Waals surface area contributed by atoms with Crippen LogP contribution in [0.1, 0.15) is 23.2 Å². The van der Waals surface area contributed by atoms with Gasteiger partial charge in [-0.2, -0.15) is 0 Å². The van der Waals surface area contributed by atoms with E-state index in [9.17, 15) is 9.59 Å². The van der Waals surface area contributed by atoms with Crippen LogP contribution in [0.25, 0.3) is 0 Å². The molecule has 1 heterocycles. The highest BCUT2D eigenvalue weighted by Crippen LogP contribution is 2.16. The van der Waals surface area contributed by atoms with Crippen molar-refractivity contribution in [1.82, 2.24) is 15.5 Å². The highest BCUT2D eigenvalue weighted by molar-refractivity contribution is 9.10. The fourth-order valence-electron chi connectivity index (χ4n) is 2.66. The third kappa shape index (κ3) is 6.12. The highest BCUT2D eigenvalue weighted by atomic mass is 79.9. The van der Waals surface area contributed by atoms with E-state index in [0.29, 0.717) is 24.4 Å². The van der Waals surface area contributed by atoms with Gasteiger partial charge >= 0.3 is 0 Å². The van der Waals surface area contributed by atoms with Crippen molar-refractivity contribution in [1.29, 1.82) is 0 Å². The Labute approximate surface area is 151 Å². The average Bonchev–Trinajstić information content (AvgIpc) is 2.97. The van der Waals surface area contributed by atoms with Crippen LogP contribution in [0.5, 0.6) is 0 Å². The molecular weight excluding hydrogens is 382 g/mol. The van der Waals surface area contributed by atoms with E-state index in [4.69, 9.17) is 0 Å². The molecule has 2 amide bonds. The Kier molecular flexibility index (Phi) is 8.58. The quantitative estimate of drug-likeness (QED) is 0.763. The molecule has 1 aromatic rings. The largest absolute Gasteiger partial charge is 0.352 e. The number of nitrogens with zero attached hydrogens (tertiary/aromatic N) is 1. The van der Waals surface area contributed by atoms with Crippen molar-refractivity contribution < 1.29 is 9.59 Å². The van der Waals surface area contributed by atoms with Crippen LogP contribution >= 0.6 is 28.3 Å². The molecule has 23 heavy (non-hydrogen) atoms. The van der Waals surface area contributed by atoms with Crippen molar-refractivity contribution in [3.63, 3.8) is 0 Å². The first-order valence-corrected chi connectivity index (χ1v) is 8.35. The molecule has 0 saturated carbocycles. The summed E-state index contributed by atoms with van der Waals surface area (Å²) >= 11 is 3.33. The normalized spacial score (nSPS) is 16.8. The Bertz CT molecular complexity index is 525. The maximum Gasteiger partial charge on any atom is 0.251 e. The lowest BCUT2D eigenvalue weighted by atomic mass is 10.1. The van der Waals surface area contributed by atoms with Gasteiger partial charge in [0.25, 0.3) is 5.91 Å². The van der Waals surface area contributed by atoms with E-state index in [2.05, 4.69) is 26.6 Å². The highest BCUT2D eigenvalue weighted by Gasteiger charge is 2.25. The molecule has 2 rings (SSSR count). The van der Waals surface area contributed by atoms with Crippen LogP contribution in [0.2, 0.25) is 0 Å². The number of amides is 2. The molecule has 1 aliphatic heterocycles. The van der Waals surface area contributed by atoms with Crippen molar-refractivity contribution in [3.8, 4) is 0 Å². The van der Waals surface area contributed by atoms with E-state index in [0.717, 1.165) is 30.5 Å². The van der Waals surface area contributed by atoms with E-state index in [1.54, 1.807) is 12.1 Å². The van der Waals surface area contributed by atoms with Gasteiger partial charge in [0, 0.05) is 36.1 Å². The molecule has 1 aliphatic rings. The first-order valence-electron chi connectivity index (χ1n) is 7.56. The first-order chi connectivity index (χ1) is 10.6. The van der Waals surface area contributed by atoms with E-state index in [1.165, 1.54) is 0 Å². The van der Waals surface area contributed by atoms with Crippen molar-refractivity contribution >= 4 is 40.2 Å². The smallest absolute Gasteiger partial charge is 0.251 e. The fourth-order valence-corrected chi connectivity index (χ4v) is 2.92. The van der Waals surface area contributed by atoms with Gasteiger partial charge in [-0.1, -0.05) is 15.9 Å². The molecule has 5 nitrogen and oxygen atoms in total. The van der Waals surface area contributed by atoms with Crippen molar-refractivity contribution in [3.05, 3.63) is 34.3 Å². The van der Waals surface area contributed by atoms with Crippen molar-refractivity contribution in [2.75, 3.05) is 33.2 Å². The number of rotatable bonds is 6. The van der Waals surface area contributed by atoms with Crippen LogP contribution in [-0.4, -0.2) is 49.9 Å². The average molecular weight is 405 g/mol. The lowest BCUT2D eigenvalue weighted by molar-refractivity contribution is -0.130. The fraction of sp³-hybridized carbons (Fsp3) is 0.500. The van der Waals surface area contributed by atoms with Gasteiger partial charge in [-0.25, -0.2) is 0 Å². The topological polar surface area (TPSA) is 61.4 Å². The lowest BCUT2D eigenvalue weighted by Gasteiger charge is -2.16. The maximum absolute atomic E-state index is 12.1. The van der Waals surface area contributed by atoms with Gasteiger partial charge in [0.2, 0.25) is 5.91 Å². The molecule has 0 aliphatic carbocycles. The van der Waals surface area contributed by atoms with Crippen LogP contribution < -0.4 is 10.6 Å². The molecule has 128 valence electrons. The number of benzene rings is 1. The molecule has 0 spiro atoms. The van der Waals surface area contributed by atoms with E-state index in [1.807, 2.05) is 24.1 Å². The Balaban J connectivity index is 0.00000264. The number of nitrogens with one attached hydrogen (secondary N) is 2. The van der Waals surface area contributed by atoms with Gasteiger partial charge < -0.3 is 15.5 Å². The Morgan fingerprint density at radius 2 is 2.00 bits per heavy atom. The summed E-state index contributed by atoms with van der Waals surface area (Å²) in [6, 6.07) is 7.16. The monoisotopic (exact) mass is 403 g/mol. The second-order valence-corrected chi connectivity index (χ2v) is 6.48. The van der Waals surface area contributed by atoms with Gasteiger partial charge in [0.15, 0.2) is 0 Å². The van der Waals surface area contributed by atoms with Crippen molar-refractivity contribution in [2.24, 2.45) is 5.92 Å². The number of hydrogen-bond acceptors (Lipinski definition) is 3. The molecule has 1 saturated heterocycles. The summed E-state index contributed by atoms with van der Waals surface area (Å²) in [6.45, 7) is 2.97. The second kappa shape index (κ2) is 9.90. The minimum absolute atomic E-state index is 0. The first kappa shape index (κ1) is 19.9. The third-order valence-corrected chi connectivity index (χ3v) is 4.39. The third-order valence-electron chi connectivity index (χ3n) is 3.86. The molecule has 7 heteroatoms. The molecule has 1 unspecified atom stereocenters. The van der Waals surface area contributed by atoms with Crippen LogP contribution in [0.15, 0.2) is 28.7 Å². The Morgan fingerprint density at radius 3 is 2.65 bits per heavy atom. The second-order valence-electron chi connectivity index (χ2n) is 5.56. The van der Waals surface area contributed by atoms with Gasteiger partial charge in [-0.15, -0.1) is 12.4 Å². The summed E-state index contributed by atoms with van der Waals surface area (Å²) in [4.78, 5) is 25.9. The predicted molar refractivity (Wildman–Crippen MR) is 97.0 cm³/mol. The summed E-state index contributed by atoms with van der Waals surface area (Å²) in [5.74, 6) is 0.524. The van der Waals surface area contributed by atoms with Crippen LogP contribution in [0, 0.1) is 5.92 Å². The molecule has 0 radical (unpaired) electrons. The van der Waals surface area contributed by atoms with Crippen LogP contribution in [-0.2, 0) is 4.79 Å². The van der Waals surface area contributed by atoms with Gasteiger partial charge in [-0.05, 0) is 50.2 Å². The van der Waals surface area contributed by atoms with Crippen LogP contribution in [0.3, 0.4) is 0 Å². The van der Waals surface area contributed by atoms with Gasteiger partial charge in [-0.3, -0.25) is 9.59 Å². The van der Waals surface area contributed by atoms with Crippen molar-refractivity contribution in [2.45, 2.75) is 12.8 Å². The molecule has 1 atom stereocenters. The summed E-state index contributed by atoms with van der Waals surface area (Å²) in [5, 5.41) is 5.95.